The number of benzene rings is 2. The highest BCUT2D eigenvalue weighted by Crippen LogP contribution is 2.41. The third kappa shape index (κ3) is 2.09. The summed E-state index contributed by atoms with van der Waals surface area (Å²) in [6, 6.07) is 17.6. The number of nitrogens with zero attached hydrogens (tertiary/aromatic N) is 1. The van der Waals surface area contributed by atoms with Crippen LogP contribution in [0.4, 0.5) is 0 Å². The van der Waals surface area contributed by atoms with Gasteiger partial charge < -0.3 is 5.11 Å². The molecule has 1 aliphatic carbocycles. The van der Waals surface area contributed by atoms with E-state index in [0.717, 1.165) is 22.5 Å². The standard InChI is InChI=1S/C20H15NO/c22-16-12-10-14(11-13-16)19-17-8-4-5-9-18(17)21-20(19)15-6-2-1-3-7-15/h1-13,17,22H. The van der Waals surface area contributed by atoms with Crippen molar-refractivity contribution in [2.24, 2.45) is 10.9 Å². The van der Waals surface area contributed by atoms with Crippen LogP contribution in [0, 0.1) is 5.92 Å². The van der Waals surface area contributed by atoms with Crippen LogP contribution in [0.1, 0.15) is 11.1 Å². The normalized spacial score (nSPS) is 19.3. The smallest absolute Gasteiger partial charge is 0.115 e. The zero-order chi connectivity index (χ0) is 14.9. The van der Waals surface area contributed by atoms with E-state index < -0.39 is 0 Å². The predicted molar refractivity (Wildman–Crippen MR) is 90.6 cm³/mol. The van der Waals surface area contributed by atoms with E-state index in [-0.39, 0.29) is 11.7 Å². The molecule has 0 fully saturated rings. The number of aromatic hydroxyl groups is 1. The summed E-state index contributed by atoms with van der Waals surface area (Å²) in [4.78, 5) is 4.86. The molecule has 1 N–H and O–H groups in total. The fraction of sp³-hybridized carbons (Fsp3) is 0.0500. The van der Waals surface area contributed by atoms with E-state index in [1.807, 2.05) is 36.4 Å². The minimum atomic E-state index is 0.185. The molecule has 0 bridgehead atoms. The molecule has 2 aromatic rings. The lowest BCUT2D eigenvalue weighted by molar-refractivity contribution is 0.475. The molecular weight excluding hydrogens is 270 g/mol. The van der Waals surface area contributed by atoms with Crippen molar-refractivity contribution in [1.29, 1.82) is 0 Å². The second-order valence-electron chi connectivity index (χ2n) is 5.43. The summed E-state index contributed by atoms with van der Waals surface area (Å²) in [6.45, 7) is 0. The molecule has 4 rings (SSSR count). The first-order valence-electron chi connectivity index (χ1n) is 7.35. The van der Waals surface area contributed by atoms with Gasteiger partial charge in [-0.2, -0.15) is 0 Å². The van der Waals surface area contributed by atoms with Crippen LogP contribution >= 0.6 is 0 Å². The maximum absolute atomic E-state index is 9.54. The van der Waals surface area contributed by atoms with E-state index in [1.165, 1.54) is 5.57 Å². The van der Waals surface area contributed by atoms with Crippen molar-refractivity contribution < 1.29 is 5.11 Å². The predicted octanol–water partition coefficient (Wildman–Crippen LogP) is 4.46. The van der Waals surface area contributed by atoms with Crippen molar-refractivity contribution in [3.63, 3.8) is 0 Å². The summed E-state index contributed by atoms with van der Waals surface area (Å²) >= 11 is 0. The van der Waals surface area contributed by atoms with Crippen molar-refractivity contribution in [3.05, 3.63) is 90.0 Å². The summed E-state index contributed by atoms with van der Waals surface area (Å²) in [7, 11) is 0. The van der Waals surface area contributed by atoms with Gasteiger partial charge in [-0.15, -0.1) is 0 Å². The minimum Gasteiger partial charge on any atom is -0.508 e. The molecule has 1 atom stereocenters. The van der Waals surface area contributed by atoms with Gasteiger partial charge in [-0.25, -0.2) is 0 Å². The van der Waals surface area contributed by atoms with Crippen molar-refractivity contribution >= 4 is 17.0 Å². The molecule has 2 nitrogen and oxygen atoms in total. The maximum atomic E-state index is 9.54. The quantitative estimate of drug-likeness (QED) is 0.868. The van der Waals surface area contributed by atoms with Gasteiger partial charge in [-0.05, 0) is 29.3 Å². The fourth-order valence-corrected chi connectivity index (χ4v) is 2.99. The summed E-state index contributed by atoms with van der Waals surface area (Å²) in [6.07, 6.45) is 8.34. The molecule has 0 saturated carbocycles. The van der Waals surface area contributed by atoms with E-state index in [0.29, 0.717) is 0 Å². The van der Waals surface area contributed by atoms with Gasteiger partial charge in [0.25, 0.3) is 0 Å². The van der Waals surface area contributed by atoms with E-state index in [1.54, 1.807) is 12.1 Å². The van der Waals surface area contributed by atoms with E-state index in [9.17, 15) is 5.11 Å². The molecule has 22 heavy (non-hydrogen) atoms. The molecule has 0 aromatic heterocycles. The molecule has 1 heterocycles. The average Bonchev–Trinajstić information content (AvgIpc) is 2.96. The highest BCUT2D eigenvalue weighted by atomic mass is 16.3. The maximum Gasteiger partial charge on any atom is 0.115 e. The van der Waals surface area contributed by atoms with Crippen LogP contribution in [0.25, 0.3) is 11.3 Å². The molecular formula is C20H15NO. The Morgan fingerprint density at radius 1 is 0.818 bits per heavy atom. The molecule has 0 spiro atoms. The van der Waals surface area contributed by atoms with Gasteiger partial charge in [0.2, 0.25) is 0 Å². The molecule has 2 aromatic carbocycles. The van der Waals surface area contributed by atoms with Crippen LogP contribution in [0.5, 0.6) is 5.75 Å². The Hall–Kier alpha value is -2.87. The second kappa shape index (κ2) is 5.15. The molecule has 1 aliphatic heterocycles. The summed E-state index contributed by atoms with van der Waals surface area (Å²) < 4.78 is 0. The first-order chi connectivity index (χ1) is 10.8. The van der Waals surface area contributed by atoms with E-state index in [4.69, 9.17) is 4.99 Å². The first kappa shape index (κ1) is 12.8. The van der Waals surface area contributed by atoms with Crippen LogP contribution in [0.3, 0.4) is 0 Å². The molecule has 2 heteroatoms. The highest BCUT2D eigenvalue weighted by Gasteiger charge is 2.29. The van der Waals surface area contributed by atoms with E-state index in [2.05, 4.69) is 30.4 Å². The number of rotatable bonds is 2. The molecule has 1 unspecified atom stereocenters. The van der Waals surface area contributed by atoms with Gasteiger partial charge in [0.15, 0.2) is 0 Å². The second-order valence-corrected chi connectivity index (χ2v) is 5.43. The lowest BCUT2D eigenvalue weighted by atomic mass is 9.86. The van der Waals surface area contributed by atoms with Gasteiger partial charge in [0.1, 0.15) is 5.75 Å². The van der Waals surface area contributed by atoms with Gasteiger partial charge in [0.05, 0.1) is 11.4 Å². The zero-order valence-electron chi connectivity index (χ0n) is 12.0. The highest BCUT2D eigenvalue weighted by molar-refractivity contribution is 6.18. The minimum absolute atomic E-state index is 0.185. The van der Waals surface area contributed by atoms with E-state index >= 15 is 0 Å². The largest absolute Gasteiger partial charge is 0.508 e. The molecule has 106 valence electrons. The number of aliphatic imine (C=N–C) groups is 1. The number of phenolic OH excluding ortho intramolecular Hbond substituents is 1. The van der Waals surface area contributed by atoms with Crippen molar-refractivity contribution in [3.8, 4) is 5.75 Å². The monoisotopic (exact) mass is 285 g/mol. The average molecular weight is 285 g/mol. The lowest BCUT2D eigenvalue weighted by Gasteiger charge is -2.15. The van der Waals surface area contributed by atoms with Gasteiger partial charge in [-0.3, -0.25) is 4.99 Å². The Morgan fingerprint density at radius 3 is 2.36 bits per heavy atom. The number of phenols is 1. The molecule has 2 aliphatic rings. The van der Waals surface area contributed by atoms with Crippen molar-refractivity contribution in [2.75, 3.05) is 0 Å². The molecule has 0 saturated heterocycles. The van der Waals surface area contributed by atoms with Crippen LogP contribution in [0.2, 0.25) is 0 Å². The van der Waals surface area contributed by atoms with Gasteiger partial charge in [0, 0.05) is 11.5 Å². The van der Waals surface area contributed by atoms with Crippen molar-refractivity contribution in [1.82, 2.24) is 0 Å². The number of hydrogen-bond donors (Lipinski definition) is 1. The molecule has 0 amide bonds. The Balaban J connectivity index is 1.91. The molecule has 0 radical (unpaired) electrons. The Bertz CT molecular complexity index is 824. The van der Waals surface area contributed by atoms with Crippen molar-refractivity contribution in [2.45, 2.75) is 0 Å². The van der Waals surface area contributed by atoms with Gasteiger partial charge in [-0.1, -0.05) is 60.7 Å². The van der Waals surface area contributed by atoms with Crippen LogP contribution < -0.4 is 0 Å². The Kier molecular flexibility index (Phi) is 3.01. The third-order valence-electron chi connectivity index (χ3n) is 4.03. The Labute approximate surface area is 129 Å². The third-order valence-corrected chi connectivity index (χ3v) is 4.03. The zero-order valence-corrected chi connectivity index (χ0v) is 12.0. The fourth-order valence-electron chi connectivity index (χ4n) is 2.99. The van der Waals surface area contributed by atoms with Crippen LogP contribution in [0.15, 0.2) is 83.9 Å². The number of hydrogen-bond acceptors (Lipinski definition) is 2. The Morgan fingerprint density at radius 2 is 1.59 bits per heavy atom. The van der Waals surface area contributed by atoms with Crippen LogP contribution in [-0.2, 0) is 0 Å². The van der Waals surface area contributed by atoms with Crippen LogP contribution in [-0.4, -0.2) is 10.8 Å². The number of fused-ring (bicyclic) bond motifs is 1. The van der Waals surface area contributed by atoms with Gasteiger partial charge >= 0.3 is 0 Å². The summed E-state index contributed by atoms with van der Waals surface area (Å²) in [5.74, 6) is 0.466. The SMILES string of the molecule is Oc1ccc(C2=C(c3ccccc3)N=C3C=CC=CC32)cc1. The number of allylic oxidation sites excluding steroid dienone is 5. The lowest BCUT2D eigenvalue weighted by Crippen LogP contribution is -2.09. The summed E-state index contributed by atoms with van der Waals surface area (Å²) in [5, 5.41) is 9.54. The summed E-state index contributed by atoms with van der Waals surface area (Å²) in [5.41, 5.74) is 5.50. The first-order valence-corrected chi connectivity index (χ1v) is 7.35. The topological polar surface area (TPSA) is 32.6 Å².